The molecule has 2 aromatic rings. The molecule has 0 bridgehead atoms. The monoisotopic (exact) mass is 399 g/mol. The van der Waals surface area contributed by atoms with E-state index in [0.717, 1.165) is 43.5 Å². The van der Waals surface area contributed by atoms with Crippen LogP contribution < -0.4 is 11.2 Å². The largest absolute Gasteiger partial charge is 0.467 e. The average Bonchev–Trinajstić information content (AvgIpc) is 2.63. The van der Waals surface area contributed by atoms with E-state index in [4.69, 9.17) is 10.6 Å². The number of nitrogens with zero attached hydrogens (tertiary/aromatic N) is 1. The number of rotatable bonds is 6. The maximum Gasteiger partial charge on any atom is 0.416 e. The molecule has 150 valence electrons. The Bertz CT molecular complexity index is 868. The number of nitrogens with one attached hydrogen (secondary N) is 1. The summed E-state index contributed by atoms with van der Waals surface area (Å²) in [5, 5.41) is 0. The number of nitrogens with two attached hydrogens (primary N) is 1. The third kappa shape index (κ3) is 4.97. The second kappa shape index (κ2) is 8.70. The number of anilines is 2. The van der Waals surface area contributed by atoms with E-state index < -0.39 is 29.6 Å². The highest BCUT2D eigenvalue weighted by Gasteiger charge is 2.31. The molecule has 2 aromatic carbocycles. The van der Waals surface area contributed by atoms with Gasteiger partial charge < -0.3 is 10.5 Å². The van der Waals surface area contributed by atoms with Crippen molar-refractivity contribution in [3.8, 4) is 0 Å². The van der Waals surface area contributed by atoms with Crippen molar-refractivity contribution in [1.29, 1.82) is 0 Å². The number of nitrogen functional groups attached to an aromatic ring is 1. The van der Waals surface area contributed by atoms with Crippen LogP contribution >= 0.6 is 0 Å². The lowest BCUT2D eigenvalue weighted by Crippen LogP contribution is -2.14. The topological polar surface area (TPSA) is 85.9 Å². The van der Waals surface area contributed by atoms with Gasteiger partial charge in [0.05, 0.1) is 25.5 Å². The van der Waals surface area contributed by atoms with Gasteiger partial charge in [-0.05, 0) is 23.8 Å². The third-order valence-electron chi connectivity index (χ3n) is 3.72. The number of hydrogen-bond acceptors (Lipinski definition) is 6. The smallest absolute Gasteiger partial charge is 0.416 e. The molecule has 0 radical (unpaired) electrons. The van der Waals surface area contributed by atoms with Crippen LogP contribution in [0.4, 0.5) is 28.9 Å². The number of esters is 1. The summed E-state index contributed by atoms with van der Waals surface area (Å²) < 4.78 is 56.4. The second-order valence-electron chi connectivity index (χ2n) is 5.59. The summed E-state index contributed by atoms with van der Waals surface area (Å²) >= 11 is 0. The molecule has 0 amide bonds. The van der Waals surface area contributed by atoms with Crippen molar-refractivity contribution in [3.05, 3.63) is 58.9 Å². The molecular formula is C18H17F4N3O3. The maximum absolute atomic E-state index is 13.5. The minimum absolute atomic E-state index is 0.0133. The fourth-order valence-corrected chi connectivity index (χ4v) is 2.38. The van der Waals surface area contributed by atoms with Crippen LogP contribution in [0.1, 0.15) is 22.7 Å². The predicted molar refractivity (Wildman–Crippen MR) is 95.2 cm³/mol. The van der Waals surface area contributed by atoms with Crippen LogP contribution in [0.3, 0.4) is 0 Å². The number of alkyl halides is 3. The molecule has 28 heavy (non-hydrogen) atoms. The lowest BCUT2D eigenvalue weighted by molar-refractivity contribution is -0.142. The van der Waals surface area contributed by atoms with Gasteiger partial charge >= 0.3 is 12.1 Å². The van der Waals surface area contributed by atoms with Gasteiger partial charge in [-0.2, -0.15) is 13.2 Å². The standard InChI is InChI=1S/C18H17F4N3O3/c1-27-17(26)16(10-3-5-11(6-4-10)18(20,21)22)24-9-13-14(23)7-12(19)8-15(13)25-28-2/h3-9,16,25H,23H2,1-2H3. The quantitative estimate of drug-likeness (QED) is 0.254. The number of carbonyl (C=O) groups is 1. The molecule has 0 saturated carbocycles. The molecule has 0 aliphatic heterocycles. The molecule has 10 heteroatoms. The molecule has 3 N–H and O–H groups in total. The normalized spacial score (nSPS) is 12.8. The summed E-state index contributed by atoms with van der Waals surface area (Å²) in [6, 6.07) is 4.84. The Morgan fingerprint density at radius 3 is 2.39 bits per heavy atom. The highest BCUT2D eigenvalue weighted by Crippen LogP contribution is 2.31. The van der Waals surface area contributed by atoms with Crippen molar-refractivity contribution in [2.24, 2.45) is 4.99 Å². The van der Waals surface area contributed by atoms with Crippen molar-refractivity contribution in [2.75, 3.05) is 25.4 Å². The molecule has 2 rings (SSSR count). The first-order valence-corrected chi connectivity index (χ1v) is 7.83. The number of benzene rings is 2. The van der Waals surface area contributed by atoms with Gasteiger partial charge in [0.25, 0.3) is 0 Å². The molecule has 0 spiro atoms. The second-order valence-corrected chi connectivity index (χ2v) is 5.59. The van der Waals surface area contributed by atoms with Crippen LogP contribution in [-0.4, -0.2) is 26.4 Å². The number of halogens is 4. The SMILES string of the molecule is CONc1cc(F)cc(N)c1C=NC(C(=O)OC)c1ccc(C(F)(F)F)cc1. The number of methoxy groups -OCH3 is 1. The summed E-state index contributed by atoms with van der Waals surface area (Å²) in [6.07, 6.45) is -3.32. The Morgan fingerprint density at radius 1 is 1.21 bits per heavy atom. The lowest BCUT2D eigenvalue weighted by Gasteiger charge is -2.14. The van der Waals surface area contributed by atoms with E-state index in [9.17, 15) is 22.4 Å². The summed E-state index contributed by atoms with van der Waals surface area (Å²) in [5.74, 6) is -1.42. The molecule has 1 unspecified atom stereocenters. The van der Waals surface area contributed by atoms with Gasteiger partial charge in [0.2, 0.25) is 0 Å². The molecule has 1 atom stereocenters. The van der Waals surface area contributed by atoms with Crippen LogP contribution in [0.2, 0.25) is 0 Å². The van der Waals surface area contributed by atoms with E-state index in [1.54, 1.807) is 0 Å². The van der Waals surface area contributed by atoms with Crippen LogP contribution in [0, 0.1) is 5.82 Å². The summed E-state index contributed by atoms with van der Waals surface area (Å²) in [7, 11) is 2.43. The Balaban J connectivity index is 2.42. The minimum atomic E-state index is -4.51. The zero-order chi connectivity index (χ0) is 20.9. The summed E-state index contributed by atoms with van der Waals surface area (Å²) in [4.78, 5) is 20.9. The van der Waals surface area contributed by atoms with Crippen LogP contribution in [-0.2, 0) is 20.5 Å². The minimum Gasteiger partial charge on any atom is -0.467 e. The Labute approximate surface area is 157 Å². The Morgan fingerprint density at radius 2 is 1.86 bits per heavy atom. The van der Waals surface area contributed by atoms with E-state index in [2.05, 4.69) is 15.2 Å². The van der Waals surface area contributed by atoms with Gasteiger partial charge in [-0.15, -0.1) is 0 Å². The highest BCUT2D eigenvalue weighted by atomic mass is 19.4. The van der Waals surface area contributed by atoms with E-state index in [-0.39, 0.29) is 22.5 Å². The van der Waals surface area contributed by atoms with Crippen molar-refractivity contribution >= 4 is 23.6 Å². The van der Waals surface area contributed by atoms with Crippen molar-refractivity contribution in [1.82, 2.24) is 0 Å². The van der Waals surface area contributed by atoms with E-state index in [0.29, 0.717) is 0 Å². The number of carbonyl (C=O) groups excluding carboxylic acids is 1. The van der Waals surface area contributed by atoms with Crippen molar-refractivity contribution in [3.63, 3.8) is 0 Å². The molecule has 0 aliphatic carbocycles. The highest BCUT2D eigenvalue weighted by molar-refractivity contribution is 5.95. The van der Waals surface area contributed by atoms with E-state index >= 15 is 0 Å². The zero-order valence-electron chi connectivity index (χ0n) is 14.9. The van der Waals surface area contributed by atoms with Crippen molar-refractivity contribution in [2.45, 2.75) is 12.2 Å². The van der Waals surface area contributed by atoms with Crippen LogP contribution in [0.5, 0.6) is 0 Å². The molecular weight excluding hydrogens is 382 g/mol. The Hall–Kier alpha value is -3.14. The third-order valence-corrected chi connectivity index (χ3v) is 3.72. The fraction of sp³-hybridized carbons (Fsp3) is 0.222. The zero-order valence-corrected chi connectivity index (χ0v) is 14.9. The molecule has 0 fully saturated rings. The number of ether oxygens (including phenoxy) is 1. The van der Waals surface area contributed by atoms with Gasteiger partial charge in [0.1, 0.15) is 5.82 Å². The lowest BCUT2D eigenvalue weighted by atomic mass is 10.0. The first-order valence-electron chi connectivity index (χ1n) is 7.83. The molecule has 6 nitrogen and oxygen atoms in total. The molecule has 0 aliphatic rings. The average molecular weight is 399 g/mol. The maximum atomic E-state index is 13.5. The van der Waals surface area contributed by atoms with Gasteiger partial charge in [-0.3, -0.25) is 15.3 Å². The summed E-state index contributed by atoms with van der Waals surface area (Å²) in [5.41, 5.74) is 7.93. The van der Waals surface area contributed by atoms with Crippen molar-refractivity contribution < 1.29 is 31.9 Å². The summed E-state index contributed by atoms with van der Waals surface area (Å²) in [6.45, 7) is 0. The molecule has 0 saturated heterocycles. The van der Waals surface area contributed by atoms with Crippen LogP contribution in [0.15, 0.2) is 41.4 Å². The molecule has 0 heterocycles. The van der Waals surface area contributed by atoms with Gasteiger partial charge in [-0.25, -0.2) is 9.18 Å². The first kappa shape index (κ1) is 21.2. The van der Waals surface area contributed by atoms with E-state index in [1.165, 1.54) is 13.3 Å². The molecule has 0 aromatic heterocycles. The van der Waals surface area contributed by atoms with Gasteiger partial charge in [0.15, 0.2) is 6.04 Å². The number of aliphatic imine (C=N–C) groups is 1. The van der Waals surface area contributed by atoms with Gasteiger partial charge in [0, 0.05) is 23.5 Å². The predicted octanol–water partition coefficient (Wildman–Crippen LogP) is 3.73. The fourth-order valence-electron chi connectivity index (χ4n) is 2.38. The van der Waals surface area contributed by atoms with Crippen LogP contribution in [0.25, 0.3) is 0 Å². The number of hydrogen-bond donors (Lipinski definition) is 2. The first-order chi connectivity index (χ1) is 13.2. The Kier molecular flexibility index (Phi) is 6.57. The van der Waals surface area contributed by atoms with Gasteiger partial charge in [-0.1, -0.05) is 12.1 Å². The van der Waals surface area contributed by atoms with E-state index in [1.807, 2.05) is 0 Å².